The van der Waals surface area contributed by atoms with E-state index < -0.39 is 0 Å². The van der Waals surface area contributed by atoms with Crippen molar-refractivity contribution >= 4 is 11.6 Å². The van der Waals surface area contributed by atoms with Crippen LogP contribution in [0.5, 0.6) is 0 Å². The summed E-state index contributed by atoms with van der Waals surface area (Å²) in [6.45, 7) is 6.19. The molecule has 3 nitrogen and oxygen atoms in total. The number of hydrogen-bond acceptors (Lipinski definition) is 3. The van der Waals surface area contributed by atoms with Crippen LogP contribution in [0.1, 0.15) is 27.2 Å². The molecule has 0 saturated carbocycles. The van der Waals surface area contributed by atoms with Crippen LogP contribution in [0.3, 0.4) is 0 Å². The third-order valence-corrected chi connectivity index (χ3v) is 1.46. The molecule has 0 fully saturated rings. The van der Waals surface area contributed by atoms with Gasteiger partial charge in [-0.2, -0.15) is 0 Å². The van der Waals surface area contributed by atoms with Crippen molar-refractivity contribution in [3.63, 3.8) is 0 Å². The van der Waals surface area contributed by atoms with Crippen LogP contribution in [-0.2, 0) is 4.84 Å². The Morgan fingerprint density at radius 1 is 1.50 bits per heavy atom. The molecule has 0 amide bonds. The lowest BCUT2D eigenvalue weighted by Crippen LogP contribution is -2.18. The molecule has 0 unspecified atom stereocenters. The molecule has 1 N–H and O–H groups in total. The Balaban J connectivity index is 2.69. The van der Waals surface area contributed by atoms with Crippen molar-refractivity contribution in [1.82, 2.24) is 0 Å². The van der Waals surface area contributed by atoms with Crippen LogP contribution >= 0.6 is 0 Å². The lowest BCUT2D eigenvalue weighted by Gasteiger charge is -2.15. The van der Waals surface area contributed by atoms with Crippen LogP contribution < -0.4 is 0 Å². The van der Waals surface area contributed by atoms with Gasteiger partial charge in [0.05, 0.1) is 12.1 Å². The van der Waals surface area contributed by atoms with E-state index in [1.807, 2.05) is 0 Å². The third-order valence-electron chi connectivity index (χ3n) is 1.46. The SMILES string of the molecule is CC(C)(C)C1=NOC(=N)C1. The van der Waals surface area contributed by atoms with Gasteiger partial charge in [0, 0.05) is 5.41 Å². The van der Waals surface area contributed by atoms with E-state index in [0.717, 1.165) is 5.71 Å². The summed E-state index contributed by atoms with van der Waals surface area (Å²) >= 11 is 0. The van der Waals surface area contributed by atoms with Crippen LogP contribution in [0.15, 0.2) is 5.16 Å². The van der Waals surface area contributed by atoms with E-state index in [4.69, 9.17) is 5.41 Å². The summed E-state index contributed by atoms with van der Waals surface area (Å²) in [5, 5.41) is 10.9. The zero-order valence-corrected chi connectivity index (χ0v) is 6.56. The Kier molecular flexibility index (Phi) is 1.50. The molecule has 0 aliphatic carbocycles. The van der Waals surface area contributed by atoms with Crippen molar-refractivity contribution < 1.29 is 4.84 Å². The van der Waals surface area contributed by atoms with Gasteiger partial charge >= 0.3 is 0 Å². The summed E-state index contributed by atoms with van der Waals surface area (Å²) in [6, 6.07) is 0. The van der Waals surface area contributed by atoms with Crippen LogP contribution in [-0.4, -0.2) is 11.6 Å². The van der Waals surface area contributed by atoms with E-state index in [9.17, 15) is 0 Å². The molecule has 0 radical (unpaired) electrons. The smallest absolute Gasteiger partial charge is 0.223 e. The van der Waals surface area contributed by atoms with E-state index in [0.29, 0.717) is 6.42 Å². The molecule has 56 valence electrons. The number of oxime groups is 1. The first-order valence-corrected chi connectivity index (χ1v) is 3.32. The summed E-state index contributed by atoms with van der Waals surface area (Å²) in [6.07, 6.45) is 0.573. The van der Waals surface area contributed by atoms with E-state index in [1.165, 1.54) is 0 Å². The molecule has 10 heavy (non-hydrogen) atoms. The molecular formula is C7H12N2O. The Labute approximate surface area is 60.6 Å². The lowest BCUT2D eigenvalue weighted by atomic mass is 9.88. The molecule has 0 atom stereocenters. The Hall–Kier alpha value is -0.860. The summed E-state index contributed by atoms with van der Waals surface area (Å²) in [5.41, 5.74) is 1.00. The zero-order valence-electron chi connectivity index (χ0n) is 6.56. The average molecular weight is 140 g/mol. The molecule has 1 aliphatic heterocycles. The largest absolute Gasteiger partial charge is 0.341 e. The normalized spacial score (nSPS) is 18.7. The molecule has 0 spiro atoms. The van der Waals surface area contributed by atoms with Gasteiger partial charge in [0.2, 0.25) is 5.90 Å². The molecule has 0 bridgehead atoms. The van der Waals surface area contributed by atoms with Gasteiger partial charge in [0.15, 0.2) is 0 Å². The van der Waals surface area contributed by atoms with Gasteiger partial charge in [0.25, 0.3) is 0 Å². The van der Waals surface area contributed by atoms with E-state index >= 15 is 0 Å². The van der Waals surface area contributed by atoms with Gasteiger partial charge in [-0.1, -0.05) is 25.9 Å². The molecule has 0 aromatic heterocycles. The third kappa shape index (κ3) is 1.35. The topological polar surface area (TPSA) is 45.4 Å². The van der Waals surface area contributed by atoms with Gasteiger partial charge in [-0.25, -0.2) is 0 Å². The Bertz CT molecular complexity index is 188. The zero-order chi connectivity index (χ0) is 7.78. The molecule has 0 aromatic rings. The van der Waals surface area contributed by atoms with Crippen molar-refractivity contribution in [2.24, 2.45) is 10.6 Å². The molecule has 1 rings (SSSR count). The van der Waals surface area contributed by atoms with Gasteiger partial charge in [-0.15, -0.1) is 0 Å². The standard InChI is InChI=1S/C7H12N2O/c1-7(2,3)5-4-6(8)10-9-5/h8H,4H2,1-3H3. The summed E-state index contributed by atoms with van der Waals surface area (Å²) in [5.74, 6) is 0.255. The first kappa shape index (κ1) is 7.25. The van der Waals surface area contributed by atoms with Crippen LogP contribution in [0, 0.1) is 10.8 Å². The Morgan fingerprint density at radius 3 is 2.30 bits per heavy atom. The number of rotatable bonds is 0. The fourth-order valence-electron chi connectivity index (χ4n) is 0.729. The van der Waals surface area contributed by atoms with Crippen molar-refractivity contribution in [2.45, 2.75) is 27.2 Å². The minimum absolute atomic E-state index is 0.0444. The quantitative estimate of drug-likeness (QED) is 0.547. The molecule has 0 aromatic carbocycles. The number of hydrogen-bond donors (Lipinski definition) is 1. The number of nitrogens with zero attached hydrogens (tertiary/aromatic N) is 1. The first-order valence-electron chi connectivity index (χ1n) is 3.32. The van der Waals surface area contributed by atoms with Crippen molar-refractivity contribution in [1.29, 1.82) is 5.41 Å². The monoisotopic (exact) mass is 140 g/mol. The fraction of sp³-hybridized carbons (Fsp3) is 0.714. The number of nitrogens with one attached hydrogen (secondary N) is 1. The molecular weight excluding hydrogens is 128 g/mol. The highest BCUT2D eigenvalue weighted by molar-refractivity contribution is 6.05. The van der Waals surface area contributed by atoms with Crippen molar-refractivity contribution in [3.8, 4) is 0 Å². The van der Waals surface area contributed by atoms with Gasteiger partial charge in [-0.05, 0) is 0 Å². The van der Waals surface area contributed by atoms with Gasteiger partial charge in [-0.3, -0.25) is 5.41 Å². The van der Waals surface area contributed by atoms with Crippen LogP contribution in [0.4, 0.5) is 0 Å². The van der Waals surface area contributed by atoms with E-state index in [2.05, 4.69) is 30.8 Å². The molecule has 1 heterocycles. The van der Waals surface area contributed by atoms with Crippen LogP contribution in [0.2, 0.25) is 0 Å². The fourth-order valence-corrected chi connectivity index (χ4v) is 0.729. The van der Waals surface area contributed by atoms with Gasteiger partial charge < -0.3 is 4.84 Å². The first-order chi connectivity index (χ1) is 4.50. The highest BCUT2D eigenvalue weighted by Crippen LogP contribution is 2.22. The van der Waals surface area contributed by atoms with Crippen molar-refractivity contribution in [3.05, 3.63) is 0 Å². The predicted molar refractivity (Wildman–Crippen MR) is 40.3 cm³/mol. The Morgan fingerprint density at radius 2 is 2.10 bits per heavy atom. The molecule has 0 saturated heterocycles. The maximum absolute atomic E-state index is 7.12. The van der Waals surface area contributed by atoms with E-state index in [1.54, 1.807) is 0 Å². The van der Waals surface area contributed by atoms with E-state index in [-0.39, 0.29) is 11.3 Å². The highest BCUT2D eigenvalue weighted by atomic mass is 16.6. The second-order valence-electron chi connectivity index (χ2n) is 3.48. The minimum Gasteiger partial charge on any atom is -0.341 e. The average Bonchev–Trinajstić information content (AvgIpc) is 2.11. The summed E-state index contributed by atoms with van der Waals surface area (Å²) in [4.78, 5) is 4.66. The summed E-state index contributed by atoms with van der Waals surface area (Å²) < 4.78 is 0. The molecule has 3 heteroatoms. The van der Waals surface area contributed by atoms with Crippen molar-refractivity contribution in [2.75, 3.05) is 0 Å². The second-order valence-corrected chi connectivity index (χ2v) is 3.48. The molecule has 1 aliphatic rings. The maximum atomic E-state index is 7.12. The van der Waals surface area contributed by atoms with Gasteiger partial charge in [0.1, 0.15) is 0 Å². The van der Waals surface area contributed by atoms with Crippen LogP contribution in [0.25, 0.3) is 0 Å². The predicted octanol–water partition coefficient (Wildman–Crippen LogP) is 1.79. The maximum Gasteiger partial charge on any atom is 0.223 e. The minimum atomic E-state index is 0.0444. The second kappa shape index (κ2) is 2.08. The lowest BCUT2D eigenvalue weighted by molar-refractivity contribution is 0.331. The highest BCUT2D eigenvalue weighted by Gasteiger charge is 2.25. The summed E-state index contributed by atoms with van der Waals surface area (Å²) in [7, 11) is 0.